The van der Waals surface area contributed by atoms with E-state index in [0.29, 0.717) is 12.3 Å². The summed E-state index contributed by atoms with van der Waals surface area (Å²) in [5.41, 5.74) is 1.27. The van der Waals surface area contributed by atoms with Gasteiger partial charge in [0.15, 0.2) is 4.96 Å². The summed E-state index contributed by atoms with van der Waals surface area (Å²) in [5, 5.41) is 12.6. The van der Waals surface area contributed by atoms with Gasteiger partial charge >= 0.3 is 0 Å². The van der Waals surface area contributed by atoms with E-state index in [9.17, 15) is 5.11 Å². The lowest BCUT2D eigenvalue weighted by atomic mass is 9.66. The maximum absolute atomic E-state index is 10.6. The Morgan fingerprint density at radius 3 is 3.11 bits per heavy atom. The predicted octanol–water partition coefficient (Wildman–Crippen LogP) is 3.52. The molecule has 0 amide bonds. The number of hydrogen-bond donors (Lipinski definition) is 1. The van der Waals surface area contributed by atoms with E-state index in [1.807, 2.05) is 22.2 Å². The highest BCUT2D eigenvalue weighted by Gasteiger charge is 2.36. The Morgan fingerprint density at radius 2 is 2.37 bits per heavy atom. The fourth-order valence-corrected chi connectivity index (χ4v) is 4.18. The summed E-state index contributed by atoms with van der Waals surface area (Å²) >= 11 is 1.64. The first kappa shape index (κ1) is 13.1. The summed E-state index contributed by atoms with van der Waals surface area (Å²) in [7, 11) is 0. The van der Waals surface area contributed by atoms with Crippen molar-refractivity contribution in [2.24, 2.45) is 11.3 Å². The average molecular weight is 278 g/mol. The molecule has 2 aromatic heterocycles. The van der Waals surface area contributed by atoms with Crippen LogP contribution in [0.1, 0.15) is 45.2 Å². The van der Waals surface area contributed by atoms with Crippen molar-refractivity contribution < 1.29 is 5.11 Å². The summed E-state index contributed by atoms with van der Waals surface area (Å²) in [4.78, 5) is 5.60. The molecule has 3 nitrogen and oxygen atoms in total. The lowest BCUT2D eigenvalue weighted by Crippen LogP contribution is -2.37. The molecule has 1 fully saturated rings. The molecule has 0 aliphatic heterocycles. The van der Waals surface area contributed by atoms with Gasteiger partial charge in [0, 0.05) is 24.2 Å². The van der Waals surface area contributed by atoms with Crippen molar-refractivity contribution in [1.82, 2.24) is 9.38 Å². The van der Waals surface area contributed by atoms with E-state index in [1.165, 1.54) is 19.3 Å². The van der Waals surface area contributed by atoms with Crippen LogP contribution < -0.4 is 0 Å². The van der Waals surface area contributed by atoms with Gasteiger partial charge in [-0.05, 0) is 24.2 Å². The van der Waals surface area contributed by atoms with Crippen molar-refractivity contribution in [3.05, 3.63) is 23.5 Å². The van der Waals surface area contributed by atoms with Gasteiger partial charge in [0.25, 0.3) is 0 Å². The van der Waals surface area contributed by atoms with E-state index >= 15 is 0 Å². The van der Waals surface area contributed by atoms with Crippen LogP contribution >= 0.6 is 11.3 Å². The molecular weight excluding hydrogens is 256 g/mol. The molecule has 0 bridgehead atoms. The van der Waals surface area contributed by atoms with Crippen LogP contribution in [0.25, 0.3) is 4.96 Å². The average Bonchev–Trinajstić information content (AvgIpc) is 2.88. The first-order chi connectivity index (χ1) is 9.06. The molecule has 2 atom stereocenters. The Kier molecular flexibility index (Phi) is 3.39. The number of imidazole rings is 1. The van der Waals surface area contributed by atoms with Crippen molar-refractivity contribution in [2.75, 3.05) is 0 Å². The van der Waals surface area contributed by atoms with Crippen LogP contribution in [0.15, 0.2) is 17.8 Å². The van der Waals surface area contributed by atoms with Gasteiger partial charge in [-0.3, -0.25) is 4.40 Å². The summed E-state index contributed by atoms with van der Waals surface area (Å²) in [5.74, 6) is 0.404. The smallest absolute Gasteiger partial charge is 0.193 e. The van der Waals surface area contributed by atoms with Crippen molar-refractivity contribution in [2.45, 2.75) is 52.1 Å². The van der Waals surface area contributed by atoms with Gasteiger partial charge in [0.2, 0.25) is 0 Å². The van der Waals surface area contributed by atoms with Gasteiger partial charge in [0.1, 0.15) is 0 Å². The molecule has 4 heteroatoms. The Balaban J connectivity index is 1.73. The molecule has 2 aromatic rings. The lowest BCUT2D eigenvalue weighted by Gasteiger charge is -2.41. The third kappa shape index (κ3) is 2.56. The van der Waals surface area contributed by atoms with Crippen LogP contribution in [0.3, 0.4) is 0 Å². The number of aliphatic hydroxyl groups excluding tert-OH is 1. The molecule has 0 saturated heterocycles. The van der Waals surface area contributed by atoms with Crippen LogP contribution in [0.2, 0.25) is 0 Å². The molecule has 2 heterocycles. The third-order valence-corrected chi connectivity index (χ3v) is 5.39. The molecule has 1 N–H and O–H groups in total. The van der Waals surface area contributed by atoms with Crippen LogP contribution in [-0.4, -0.2) is 20.6 Å². The number of hydrogen-bond acceptors (Lipinski definition) is 3. The zero-order valence-electron chi connectivity index (χ0n) is 11.7. The summed E-state index contributed by atoms with van der Waals surface area (Å²) in [6, 6.07) is 0. The predicted molar refractivity (Wildman–Crippen MR) is 78.5 cm³/mol. The summed E-state index contributed by atoms with van der Waals surface area (Å²) < 4.78 is 2.04. The third-order valence-electron chi connectivity index (χ3n) is 4.62. The number of aliphatic hydroxyl groups is 1. The number of fused-ring (bicyclic) bond motifs is 1. The first-order valence-electron chi connectivity index (χ1n) is 7.15. The first-order valence-corrected chi connectivity index (χ1v) is 8.03. The van der Waals surface area contributed by atoms with Crippen LogP contribution in [-0.2, 0) is 6.42 Å². The number of aromatic nitrogens is 2. The van der Waals surface area contributed by atoms with Gasteiger partial charge in [0.05, 0.1) is 11.8 Å². The van der Waals surface area contributed by atoms with Crippen LogP contribution in [0.5, 0.6) is 0 Å². The normalized spacial score (nSPS) is 24.7. The standard InChI is InChI=1S/C15H22N2OS/c1-15(2)6-4-3-5-12(15)13(18)9-11-10-17-7-8-19-14(17)16-11/h7-8,10,12-13,18H,3-6,9H2,1-2H3. The molecule has 1 saturated carbocycles. The Hall–Kier alpha value is -0.870. The second-order valence-corrected chi connectivity index (χ2v) is 7.31. The summed E-state index contributed by atoms with van der Waals surface area (Å²) in [6.07, 6.45) is 9.42. The Morgan fingerprint density at radius 1 is 1.53 bits per heavy atom. The highest BCUT2D eigenvalue weighted by atomic mass is 32.1. The van der Waals surface area contributed by atoms with E-state index in [4.69, 9.17) is 0 Å². The molecule has 0 aromatic carbocycles. The zero-order valence-corrected chi connectivity index (χ0v) is 12.5. The van der Waals surface area contributed by atoms with Crippen molar-refractivity contribution in [3.8, 4) is 0 Å². The molecule has 1 aliphatic carbocycles. The largest absolute Gasteiger partial charge is 0.392 e. The van der Waals surface area contributed by atoms with E-state index in [1.54, 1.807) is 11.3 Å². The van der Waals surface area contributed by atoms with Gasteiger partial charge < -0.3 is 5.11 Å². The maximum Gasteiger partial charge on any atom is 0.193 e. The Bertz CT molecular complexity index is 529. The van der Waals surface area contributed by atoms with E-state index in [-0.39, 0.29) is 11.5 Å². The number of thiazole rings is 1. The minimum atomic E-state index is -0.264. The molecule has 0 radical (unpaired) electrons. The second-order valence-electron chi connectivity index (χ2n) is 6.44. The van der Waals surface area contributed by atoms with Crippen molar-refractivity contribution in [1.29, 1.82) is 0 Å². The lowest BCUT2D eigenvalue weighted by molar-refractivity contribution is 0.00537. The van der Waals surface area contributed by atoms with E-state index in [0.717, 1.165) is 17.1 Å². The van der Waals surface area contributed by atoms with E-state index in [2.05, 4.69) is 18.8 Å². The Labute approximate surface area is 118 Å². The zero-order chi connectivity index (χ0) is 13.5. The van der Waals surface area contributed by atoms with Gasteiger partial charge in [-0.1, -0.05) is 26.7 Å². The molecule has 3 rings (SSSR count). The molecule has 104 valence electrons. The highest BCUT2D eigenvalue weighted by Crippen LogP contribution is 2.42. The molecular formula is C15H22N2OS. The topological polar surface area (TPSA) is 37.5 Å². The van der Waals surface area contributed by atoms with Gasteiger partial charge in [-0.25, -0.2) is 4.98 Å². The van der Waals surface area contributed by atoms with Gasteiger partial charge in [-0.15, -0.1) is 11.3 Å². The van der Waals surface area contributed by atoms with Crippen molar-refractivity contribution >= 4 is 16.3 Å². The highest BCUT2D eigenvalue weighted by molar-refractivity contribution is 7.15. The monoisotopic (exact) mass is 278 g/mol. The van der Waals surface area contributed by atoms with E-state index < -0.39 is 0 Å². The maximum atomic E-state index is 10.6. The van der Waals surface area contributed by atoms with Crippen LogP contribution in [0, 0.1) is 11.3 Å². The number of rotatable bonds is 3. The molecule has 2 unspecified atom stereocenters. The molecule has 0 spiro atoms. The number of nitrogens with zero attached hydrogens (tertiary/aromatic N) is 2. The quantitative estimate of drug-likeness (QED) is 0.933. The minimum absolute atomic E-state index is 0.259. The van der Waals surface area contributed by atoms with Crippen LogP contribution in [0.4, 0.5) is 0 Å². The SMILES string of the molecule is CC1(C)CCCCC1C(O)Cc1cn2ccsc2n1. The fourth-order valence-electron chi connectivity index (χ4n) is 3.47. The second kappa shape index (κ2) is 4.91. The fraction of sp³-hybridized carbons (Fsp3) is 0.667. The van der Waals surface area contributed by atoms with Gasteiger partial charge in [-0.2, -0.15) is 0 Å². The summed E-state index contributed by atoms with van der Waals surface area (Å²) in [6.45, 7) is 4.59. The molecule has 1 aliphatic rings. The molecule has 19 heavy (non-hydrogen) atoms. The minimum Gasteiger partial charge on any atom is -0.392 e. The van der Waals surface area contributed by atoms with Crippen molar-refractivity contribution in [3.63, 3.8) is 0 Å².